The largest absolute Gasteiger partial charge is 0.455 e. The van der Waals surface area contributed by atoms with E-state index in [2.05, 4.69) is 61.8 Å². The van der Waals surface area contributed by atoms with Crippen molar-refractivity contribution in [3.63, 3.8) is 0 Å². The van der Waals surface area contributed by atoms with Crippen molar-refractivity contribution in [2.75, 3.05) is 50.0 Å². The van der Waals surface area contributed by atoms with Crippen LogP contribution in [-0.2, 0) is 14.8 Å². The van der Waals surface area contributed by atoms with Crippen molar-refractivity contribution in [3.05, 3.63) is 112 Å². The smallest absolute Gasteiger partial charge is 0.268 e. The van der Waals surface area contributed by atoms with E-state index in [1.165, 1.54) is 41.1 Å². The zero-order valence-electron chi connectivity index (χ0n) is 32.6. The molecular weight excluding hydrogens is 778 g/mol. The summed E-state index contributed by atoms with van der Waals surface area (Å²) in [5.74, 6) is -0.0819. The van der Waals surface area contributed by atoms with E-state index in [9.17, 15) is 18.1 Å². The van der Waals surface area contributed by atoms with E-state index in [0.29, 0.717) is 61.5 Å². The Morgan fingerprint density at radius 2 is 1.83 bits per heavy atom. The van der Waals surface area contributed by atoms with E-state index in [1.54, 1.807) is 24.4 Å². The molecule has 2 aliphatic rings. The average molecular weight is 826 g/mol. The molecule has 58 heavy (non-hydrogen) atoms. The number of allylic oxidation sites excluding steroid dienone is 1. The van der Waals surface area contributed by atoms with Crippen LogP contribution in [0.1, 0.15) is 61.9 Å². The number of ether oxygens (including phenoxy) is 2. The lowest BCUT2D eigenvalue weighted by molar-refractivity contribution is 0.0699. The topological polar surface area (TPSA) is 176 Å². The molecule has 15 heteroatoms. The molecule has 0 spiro atoms. The fraction of sp³-hybridized carbons (Fsp3) is 0.349. The molecule has 0 saturated carbocycles. The number of nitrogens with one attached hydrogen (secondary N) is 5. The predicted molar refractivity (Wildman–Crippen MR) is 229 cm³/mol. The van der Waals surface area contributed by atoms with Crippen LogP contribution in [0.5, 0.6) is 11.5 Å². The molecule has 1 aliphatic heterocycles. The molecule has 1 fully saturated rings. The van der Waals surface area contributed by atoms with Gasteiger partial charge < -0.3 is 30.4 Å². The number of carbonyl (C=O) groups is 1. The van der Waals surface area contributed by atoms with Gasteiger partial charge in [0.25, 0.3) is 15.9 Å². The van der Waals surface area contributed by atoms with Gasteiger partial charge in [0.1, 0.15) is 22.8 Å². The summed E-state index contributed by atoms with van der Waals surface area (Å²) in [5.41, 5.74) is 5.84. The molecule has 1 aliphatic carbocycles. The number of nitrogens with zero attached hydrogens (tertiary/aromatic N) is 2. The Balaban J connectivity index is 1.04. The molecule has 7 rings (SSSR count). The van der Waals surface area contributed by atoms with E-state index in [0.717, 1.165) is 55.1 Å². The fourth-order valence-corrected chi connectivity index (χ4v) is 8.48. The molecule has 0 unspecified atom stereocenters. The van der Waals surface area contributed by atoms with Gasteiger partial charge >= 0.3 is 0 Å². The first-order valence-electron chi connectivity index (χ1n) is 19.5. The van der Waals surface area contributed by atoms with Gasteiger partial charge in [0.05, 0.1) is 22.3 Å². The summed E-state index contributed by atoms with van der Waals surface area (Å²) in [6, 6.07) is 20.5. The highest BCUT2D eigenvalue weighted by atomic mass is 35.5. The number of halogens is 1. The van der Waals surface area contributed by atoms with E-state index in [4.69, 9.17) is 21.1 Å². The highest BCUT2D eigenvalue weighted by Gasteiger charge is 2.28. The Labute approximate surface area is 343 Å². The van der Waals surface area contributed by atoms with Gasteiger partial charge in [-0.3, -0.25) is 4.79 Å². The van der Waals surface area contributed by atoms with E-state index in [-0.39, 0.29) is 27.3 Å². The number of carbonyl (C=O) groups excluding carboxylic acids is 1. The summed E-state index contributed by atoms with van der Waals surface area (Å²) in [4.78, 5) is 32.6. The summed E-state index contributed by atoms with van der Waals surface area (Å²) in [5, 5.41) is 14.8. The maximum atomic E-state index is 13.7. The summed E-state index contributed by atoms with van der Waals surface area (Å²) >= 11 is 6.18. The first-order valence-corrected chi connectivity index (χ1v) is 21.4. The molecule has 1 saturated heterocycles. The molecule has 0 radical (unpaired) electrons. The minimum atomic E-state index is -4.42. The van der Waals surface area contributed by atoms with Gasteiger partial charge in [-0.1, -0.05) is 43.2 Å². The Kier molecular flexibility index (Phi) is 12.8. The molecule has 304 valence electrons. The fourth-order valence-electron chi connectivity index (χ4n) is 7.37. The molecule has 1 amide bonds. The van der Waals surface area contributed by atoms with Crippen molar-refractivity contribution in [3.8, 4) is 11.5 Å². The van der Waals surface area contributed by atoms with Crippen LogP contribution in [0.2, 0.25) is 5.02 Å². The number of amides is 1. The Morgan fingerprint density at radius 1 is 1.02 bits per heavy atom. The number of aromatic nitrogens is 2. The van der Waals surface area contributed by atoms with Gasteiger partial charge in [-0.15, -0.1) is 4.91 Å². The Hall–Kier alpha value is -5.28. The second-order valence-electron chi connectivity index (χ2n) is 15.6. The highest BCUT2D eigenvalue weighted by molar-refractivity contribution is 7.90. The van der Waals surface area contributed by atoms with Crippen molar-refractivity contribution in [2.24, 2.45) is 16.5 Å². The first kappa shape index (κ1) is 40.9. The number of hydrogen-bond donors (Lipinski definition) is 5. The lowest BCUT2D eigenvalue weighted by Gasteiger charge is -2.34. The maximum Gasteiger partial charge on any atom is 0.268 e. The van der Waals surface area contributed by atoms with Gasteiger partial charge in [0.2, 0.25) is 0 Å². The number of pyridine rings is 1. The normalized spacial score (nSPS) is 15.9. The molecule has 3 heterocycles. The molecular formula is C43H48ClN7O6S. The van der Waals surface area contributed by atoms with Crippen LogP contribution in [0, 0.1) is 16.2 Å². The van der Waals surface area contributed by atoms with Crippen LogP contribution in [0.3, 0.4) is 0 Å². The number of benzene rings is 3. The number of nitroso groups, excluding NO2 is 1. The van der Waals surface area contributed by atoms with Crippen LogP contribution >= 0.6 is 11.6 Å². The number of hydrogen-bond acceptors (Lipinski definition) is 11. The number of aromatic amines is 1. The van der Waals surface area contributed by atoms with Gasteiger partial charge in [0.15, 0.2) is 0 Å². The van der Waals surface area contributed by atoms with Crippen LogP contribution in [0.15, 0.2) is 101 Å². The molecule has 2 aromatic heterocycles. The van der Waals surface area contributed by atoms with Crippen molar-refractivity contribution in [2.45, 2.75) is 50.8 Å². The van der Waals surface area contributed by atoms with E-state index in [1.807, 2.05) is 18.2 Å². The van der Waals surface area contributed by atoms with Crippen LogP contribution in [-0.4, -0.2) is 63.7 Å². The minimum Gasteiger partial charge on any atom is -0.455 e. The molecule has 3 aromatic carbocycles. The standard InChI is InChI=1S/C43H48ClN7O6S/c1-43(2)15-11-31(37(24-43)29-3-5-32(44)6-4-29)26-45-17-18-46-33-7-9-36(40(22-33)57-34-21-30-12-16-47-41(30)49-27-34)42(52)51-58(54,55)35-8-10-38(39(23-35)50-53)48-25-28-13-19-56-20-14-28/h3-10,12,16,21-23,27-28,45-46,48H,11,13-15,17-20,24-26H2,1-2H3,(H,47,49)(H,51,52). The van der Waals surface area contributed by atoms with Crippen molar-refractivity contribution in [1.82, 2.24) is 20.0 Å². The third-order valence-corrected chi connectivity index (χ3v) is 12.3. The number of sulfonamides is 1. The van der Waals surface area contributed by atoms with Gasteiger partial charge in [0, 0.05) is 67.8 Å². The van der Waals surface area contributed by atoms with Gasteiger partial charge in [-0.05, 0) is 114 Å². The van der Waals surface area contributed by atoms with Crippen molar-refractivity contribution < 1.29 is 22.7 Å². The average Bonchev–Trinajstić information content (AvgIpc) is 3.69. The van der Waals surface area contributed by atoms with E-state index >= 15 is 0 Å². The van der Waals surface area contributed by atoms with Crippen LogP contribution in [0.4, 0.5) is 17.1 Å². The molecule has 5 aromatic rings. The third kappa shape index (κ3) is 10.2. The zero-order chi connectivity index (χ0) is 40.7. The number of rotatable bonds is 16. The SMILES string of the molecule is CC1(C)CCC(CNCCNc2ccc(C(=O)NS(=O)(=O)c3ccc(NCC4CCOCC4)c(N=O)c3)c(Oc3cnc4[nH]ccc4c3)c2)=C(c2ccc(Cl)cc2)C1. The molecule has 0 bridgehead atoms. The maximum absolute atomic E-state index is 13.7. The van der Waals surface area contributed by atoms with Crippen LogP contribution < -0.4 is 25.4 Å². The Bertz CT molecular complexity index is 2410. The minimum absolute atomic E-state index is 0.0215. The quantitative estimate of drug-likeness (QED) is 0.0477. The van der Waals surface area contributed by atoms with Crippen molar-refractivity contribution >= 4 is 61.2 Å². The lowest BCUT2D eigenvalue weighted by atomic mass is 9.72. The molecule has 0 atom stereocenters. The molecule has 13 nitrogen and oxygen atoms in total. The number of H-pyrrole nitrogens is 1. The van der Waals surface area contributed by atoms with E-state index < -0.39 is 15.9 Å². The van der Waals surface area contributed by atoms with Gasteiger partial charge in [-0.2, -0.15) is 0 Å². The summed E-state index contributed by atoms with van der Waals surface area (Å²) in [6.07, 6.45) is 8.18. The lowest BCUT2D eigenvalue weighted by Crippen LogP contribution is -2.31. The number of anilines is 2. The Morgan fingerprint density at radius 3 is 2.62 bits per heavy atom. The summed E-state index contributed by atoms with van der Waals surface area (Å²) in [7, 11) is -4.42. The monoisotopic (exact) mass is 825 g/mol. The van der Waals surface area contributed by atoms with Crippen LogP contribution in [0.25, 0.3) is 16.6 Å². The first-order chi connectivity index (χ1) is 28.0. The van der Waals surface area contributed by atoms with Crippen molar-refractivity contribution in [1.29, 1.82) is 0 Å². The van der Waals surface area contributed by atoms with Gasteiger partial charge in [-0.25, -0.2) is 18.1 Å². The third-order valence-electron chi connectivity index (χ3n) is 10.7. The second kappa shape index (κ2) is 18.1. The summed E-state index contributed by atoms with van der Waals surface area (Å²) < 4.78 is 40.8. The predicted octanol–water partition coefficient (Wildman–Crippen LogP) is 9.03. The number of fused-ring (bicyclic) bond motifs is 1. The zero-order valence-corrected chi connectivity index (χ0v) is 34.1. The highest BCUT2D eigenvalue weighted by Crippen LogP contribution is 2.43. The second-order valence-corrected chi connectivity index (χ2v) is 17.7. The molecule has 5 N–H and O–H groups in total. The summed E-state index contributed by atoms with van der Waals surface area (Å²) in [6.45, 7) is 8.55.